The number of pyridine rings is 1. The van der Waals surface area contributed by atoms with Gasteiger partial charge < -0.3 is 15.6 Å². The van der Waals surface area contributed by atoms with Crippen molar-refractivity contribution in [3.63, 3.8) is 0 Å². The lowest BCUT2D eigenvalue weighted by molar-refractivity contribution is 0.0951. The molecule has 0 radical (unpaired) electrons. The molecule has 0 unspecified atom stereocenters. The summed E-state index contributed by atoms with van der Waals surface area (Å²) in [6.45, 7) is 0.332. The Hall–Kier alpha value is -3.92. The van der Waals surface area contributed by atoms with E-state index in [2.05, 4.69) is 20.6 Å². The fraction of sp³-hybridized carbons (Fsp3) is 0.0526. The Balaban J connectivity index is 1.72. The van der Waals surface area contributed by atoms with Crippen LogP contribution in [0.4, 0.5) is 5.69 Å². The van der Waals surface area contributed by atoms with Crippen LogP contribution in [-0.4, -0.2) is 21.8 Å². The van der Waals surface area contributed by atoms with E-state index in [0.29, 0.717) is 23.4 Å². The number of para-hydroxylation sites is 1. The van der Waals surface area contributed by atoms with Crippen molar-refractivity contribution < 1.29 is 9.59 Å². The van der Waals surface area contributed by atoms with Gasteiger partial charge in [-0.15, -0.1) is 0 Å². The second-order valence-electron chi connectivity index (χ2n) is 5.46. The van der Waals surface area contributed by atoms with Gasteiger partial charge in [0.25, 0.3) is 11.8 Å². The number of carbonyl (C=O) groups is 2. The zero-order chi connectivity index (χ0) is 18.4. The Morgan fingerprint density at radius 3 is 2.73 bits per heavy atom. The number of anilines is 1. The maximum atomic E-state index is 12.5. The van der Waals surface area contributed by atoms with Crippen LogP contribution in [0.2, 0.25) is 0 Å². The molecule has 0 bridgehead atoms. The number of nitriles is 1. The van der Waals surface area contributed by atoms with Gasteiger partial charge in [0, 0.05) is 25.1 Å². The highest BCUT2D eigenvalue weighted by Gasteiger charge is 2.15. The molecule has 26 heavy (non-hydrogen) atoms. The molecule has 0 aliphatic carbocycles. The van der Waals surface area contributed by atoms with Gasteiger partial charge in [-0.25, -0.2) is 0 Å². The zero-order valence-electron chi connectivity index (χ0n) is 13.7. The second-order valence-corrected chi connectivity index (χ2v) is 5.46. The zero-order valence-corrected chi connectivity index (χ0v) is 13.7. The molecule has 0 atom stereocenters. The standard InChI is InChI=1S/C19H15N5O2/c20-9-15-8-14(12-22-15)18(25)24-17-6-2-1-5-16(17)19(26)23-11-13-4-3-7-21-10-13/h1-8,10,12,22H,11H2,(H,23,26)(H,24,25). The normalized spacial score (nSPS) is 9.96. The van der Waals surface area contributed by atoms with E-state index < -0.39 is 5.91 Å². The van der Waals surface area contributed by atoms with Crippen molar-refractivity contribution in [3.8, 4) is 6.07 Å². The quantitative estimate of drug-likeness (QED) is 0.659. The SMILES string of the molecule is N#Cc1cc(C(=O)Nc2ccccc2C(=O)NCc2cccnc2)c[nH]1. The smallest absolute Gasteiger partial charge is 0.257 e. The Bertz CT molecular complexity index is 973. The van der Waals surface area contributed by atoms with Gasteiger partial charge in [0.2, 0.25) is 0 Å². The van der Waals surface area contributed by atoms with E-state index in [1.54, 1.807) is 42.7 Å². The van der Waals surface area contributed by atoms with Crippen molar-refractivity contribution in [2.75, 3.05) is 5.32 Å². The summed E-state index contributed by atoms with van der Waals surface area (Å²) in [7, 11) is 0. The third-order valence-corrected chi connectivity index (χ3v) is 3.66. The molecule has 7 heteroatoms. The summed E-state index contributed by atoms with van der Waals surface area (Å²) in [5, 5.41) is 14.3. The molecule has 3 N–H and O–H groups in total. The molecule has 0 aliphatic rings. The van der Waals surface area contributed by atoms with Crippen molar-refractivity contribution >= 4 is 17.5 Å². The first-order valence-electron chi connectivity index (χ1n) is 7.83. The number of benzene rings is 1. The van der Waals surface area contributed by atoms with Crippen molar-refractivity contribution in [2.24, 2.45) is 0 Å². The largest absolute Gasteiger partial charge is 0.352 e. The van der Waals surface area contributed by atoms with E-state index in [0.717, 1.165) is 5.56 Å². The average Bonchev–Trinajstić information content (AvgIpc) is 3.17. The van der Waals surface area contributed by atoms with Crippen LogP contribution in [0.5, 0.6) is 0 Å². The van der Waals surface area contributed by atoms with Crippen LogP contribution in [0.15, 0.2) is 61.1 Å². The van der Waals surface area contributed by atoms with Gasteiger partial charge in [0.15, 0.2) is 0 Å². The molecule has 7 nitrogen and oxygen atoms in total. The molecule has 3 aromatic rings. The summed E-state index contributed by atoms with van der Waals surface area (Å²) in [5.41, 5.74) is 2.21. The van der Waals surface area contributed by atoms with Crippen molar-refractivity contribution in [1.82, 2.24) is 15.3 Å². The first-order valence-corrected chi connectivity index (χ1v) is 7.83. The lowest BCUT2D eigenvalue weighted by Crippen LogP contribution is -2.24. The number of H-pyrrole nitrogens is 1. The highest BCUT2D eigenvalue weighted by atomic mass is 16.2. The molecular weight excluding hydrogens is 330 g/mol. The lowest BCUT2D eigenvalue weighted by atomic mass is 10.1. The fourth-order valence-corrected chi connectivity index (χ4v) is 2.35. The van der Waals surface area contributed by atoms with E-state index in [1.807, 2.05) is 12.1 Å². The summed E-state index contributed by atoms with van der Waals surface area (Å²) in [6.07, 6.45) is 4.78. The minimum absolute atomic E-state index is 0.289. The molecule has 128 valence electrons. The van der Waals surface area contributed by atoms with Gasteiger partial charge >= 0.3 is 0 Å². The number of carbonyl (C=O) groups excluding carboxylic acids is 2. The van der Waals surface area contributed by atoms with Crippen molar-refractivity contribution in [1.29, 1.82) is 5.26 Å². The fourth-order valence-electron chi connectivity index (χ4n) is 2.35. The third-order valence-electron chi connectivity index (χ3n) is 3.66. The number of aromatic amines is 1. The third kappa shape index (κ3) is 3.94. The lowest BCUT2D eigenvalue weighted by Gasteiger charge is -2.11. The van der Waals surface area contributed by atoms with Crippen LogP contribution < -0.4 is 10.6 Å². The number of rotatable bonds is 5. The molecule has 2 aromatic heterocycles. The van der Waals surface area contributed by atoms with Gasteiger partial charge in [-0.3, -0.25) is 14.6 Å². The van der Waals surface area contributed by atoms with E-state index in [4.69, 9.17) is 5.26 Å². The Kier molecular flexibility index (Phi) is 5.05. The van der Waals surface area contributed by atoms with Crippen LogP contribution in [-0.2, 0) is 6.54 Å². The summed E-state index contributed by atoms with van der Waals surface area (Å²) in [5.74, 6) is -0.716. The minimum Gasteiger partial charge on any atom is -0.352 e. The molecular formula is C19H15N5O2. The van der Waals surface area contributed by atoms with E-state index in [9.17, 15) is 9.59 Å². The number of amides is 2. The van der Waals surface area contributed by atoms with Gasteiger partial charge in [-0.2, -0.15) is 5.26 Å². The molecule has 0 saturated carbocycles. The summed E-state index contributed by atoms with van der Waals surface area (Å²) in [6, 6.07) is 13.7. The maximum Gasteiger partial charge on any atom is 0.257 e. The highest BCUT2D eigenvalue weighted by molar-refractivity contribution is 6.09. The summed E-state index contributed by atoms with van der Waals surface area (Å²) in [4.78, 5) is 31.5. The molecule has 2 amide bonds. The van der Waals surface area contributed by atoms with Crippen LogP contribution in [0.3, 0.4) is 0 Å². The topological polar surface area (TPSA) is 111 Å². The van der Waals surface area contributed by atoms with Gasteiger partial charge in [0.1, 0.15) is 11.8 Å². The maximum absolute atomic E-state index is 12.5. The number of hydrogen-bond donors (Lipinski definition) is 3. The van der Waals surface area contributed by atoms with E-state index >= 15 is 0 Å². The molecule has 2 heterocycles. The predicted molar refractivity (Wildman–Crippen MR) is 95.3 cm³/mol. The molecule has 1 aromatic carbocycles. The minimum atomic E-state index is -0.407. The molecule has 0 aliphatic heterocycles. The predicted octanol–water partition coefficient (Wildman–Crippen LogP) is 2.46. The van der Waals surface area contributed by atoms with E-state index in [-0.39, 0.29) is 11.6 Å². The monoisotopic (exact) mass is 345 g/mol. The number of aromatic nitrogens is 2. The summed E-state index contributed by atoms with van der Waals surface area (Å²) < 4.78 is 0. The molecule has 3 rings (SSSR count). The molecule has 0 fully saturated rings. The number of nitrogens with zero attached hydrogens (tertiary/aromatic N) is 2. The Morgan fingerprint density at radius 2 is 2.00 bits per heavy atom. The number of hydrogen-bond acceptors (Lipinski definition) is 4. The number of nitrogens with one attached hydrogen (secondary N) is 3. The first-order chi connectivity index (χ1) is 12.7. The van der Waals surface area contributed by atoms with Crippen LogP contribution >= 0.6 is 0 Å². The van der Waals surface area contributed by atoms with Crippen molar-refractivity contribution in [3.05, 3.63) is 83.4 Å². The second kappa shape index (κ2) is 7.77. The molecule has 0 spiro atoms. The van der Waals surface area contributed by atoms with Crippen molar-refractivity contribution in [2.45, 2.75) is 6.54 Å². The van der Waals surface area contributed by atoms with Crippen LogP contribution in [0, 0.1) is 11.3 Å². The first kappa shape index (κ1) is 16.9. The van der Waals surface area contributed by atoms with Crippen LogP contribution in [0.25, 0.3) is 0 Å². The average molecular weight is 345 g/mol. The van der Waals surface area contributed by atoms with Crippen LogP contribution in [0.1, 0.15) is 32.0 Å². The van der Waals surface area contributed by atoms with E-state index in [1.165, 1.54) is 12.3 Å². The van der Waals surface area contributed by atoms with Gasteiger partial charge in [-0.05, 0) is 29.8 Å². The van der Waals surface area contributed by atoms with Gasteiger partial charge in [-0.1, -0.05) is 18.2 Å². The highest BCUT2D eigenvalue weighted by Crippen LogP contribution is 2.17. The van der Waals surface area contributed by atoms with Gasteiger partial charge in [0.05, 0.1) is 16.8 Å². The summed E-state index contributed by atoms with van der Waals surface area (Å²) >= 11 is 0. The Morgan fingerprint density at radius 1 is 1.15 bits per heavy atom. The Labute approximate surface area is 149 Å². The molecule has 0 saturated heterocycles.